The molecule has 0 aromatic carbocycles. The van der Waals surface area contributed by atoms with Gasteiger partial charge in [0.25, 0.3) is 0 Å². The summed E-state index contributed by atoms with van der Waals surface area (Å²) in [5, 5.41) is 11.6. The van der Waals surface area contributed by atoms with Crippen molar-refractivity contribution in [2.24, 2.45) is 0 Å². The normalized spacial score (nSPS) is 13.6. The third-order valence-corrected chi connectivity index (χ3v) is 9.86. The van der Waals surface area contributed by atoms with Crippen LogP contribution in [-0.2, 0) is 28.6 Å². The minimum atomic E-state index is -1.13. The zero-order chi connectivity index (χ0) is 42.8. The number of allylic oxidation sites excluding steroid dienone is 12. The quantitative estimate of drug-likeness (QED) is 0.0263. The van der Waals surface area contributed by atoms with E-state index in [4.69, 9.17) is 14.2 Å². The Morgan fingerprint density at radius 3 is 1.43 bits per heavy atom. The predicted molar refractivity (Wildman–Crippen MR) is 240 cm³/mol. The first-order chi connectivity index (χ1) is 28.1. The maximum atomic E-state index is 12.7. The molecule has 58 heavy (non-hydrogen) atoms. The Hall–Kier alpha value is -3.23. The second-order valence-electron chi connectivity index (χ2n) is 16.3. The van der Waals surface area contributed by atoms with E-state index in [1.807, 2.05) is 0 Å². The summed E-state index contributed by atoms with van der Waals surface area (Å²) < 4.78 is 17.1. The number of ether oxygens (including phenoxy) is 3. The highest BCUT2D eigenvalue weighted by molar-refractivity contribution is 5.70. The minimum Gasteiger partial charge on any atom is -0.544 e. The van der Waals surface area contributed by atoms with Gasteiger partial charge in [-0.15, -0.1) is 0 Å². The molecule has 0 amide bonds. The van der Waals surface area contributed by atoms with Gasteiger partial charge < -0.3 is 28.6 Å². The lowest BCUT2D eigenvalue weighted by atomic mass is 10.0. The topological polar surface area (TPSA) is 102 Å². The van der Waals surface area contributed by atoms with Gasteiger partial charge in [-0.2, -0.15) is 0 Å². The van der Waals surface area contributed by atoms with Gasteiger partial charge in [-0.05, 0) is 64.2 Å². The van der Waals surface area contributed by atoms with E-state index < -0.39 is 18.1 Å². The summed E-state index contributed by atoms with van der Waals surface area (Å²) in [6.07, 6.45) is 50.7. The van der Waals surface area contributed by atoms with Crippen molar-refractivity contribution in [3.8, 4) is 0 Å². The molecule has 0 aliphatic carbocycles. The van der Waals surface area contributed by atoms with Gasteiger partial charge in [-0.1, -0.05) is 164 Å². The average molecular weight is 812 g/mol. The summed E-state index contributed by atoms with van der Waals surface area (Å²) in [4.78, 5) is 36.9. The molecule has 0 N–H and O–H groups in total. The van der Waals surface area contributed by atoms with Gasteiger partial charge in [0, 0.05) is 19.3 Å². The molecule has 332 valence electrons. The van der Waals surface area contributed by atoms with E-state index in [0.29, 0.717) is 12.8 Å². The number of carboxylic acid groups (broad SMARTS) is 1. The highest BCUT2D eigenvalue weighted by Crippen LogP contribution is 2.14. The molecule has 0 rings (SSSR count). The van der Waals surface area contributed by atoms with Crippen LogP contribution in [0.3, 0.4) is 0 Å². The predicted octanol–water partition coefficient (Wildman–Crippen LogP) is 11.4. The summed E-state index contributed by atoms with van der Waals surface area (Å²) in [6.45, 7) is 4.50. The van der Waals surface area contributed by atoms with Crippen molar-refractivity contribution < 1.29 is 38.2 Å². The summed E-state index contributed by atoms with van der Waals surface area (Å²) in [7, 11) is 5.39. The summed E-state index contributed by atoms with van der Waals surface area (Å²) in [5.74, 6) is -1.78. The van der Waals surface area contributed by atoms with E-state index in [1.54, 1.807) is 21.1 Å². The van der Waals surface area contributed by atoms with Gasteiger partial charge in [0.15, 0.2) is 6.10 Å². The number of quaternary nitrogens is 1. The maximum absolute atomic E-state index is 12.7. The molecule has 0 spiro atoms. The Morgan fingerprint density at radius 2 is 0.966 bits per heavy atom. The Bertz CT molecular complexity index is 1180. The third-order valence-electron chi connectivity index (χ3n) is 9.86. The molecular formula is C50H85NO7. The van der Waals surface area contributed by atoms with Gasteiger partial charge in [0.2, 0.25) is 0 Å². The van der Waals surface area contributed by atoms with Crippen molar-refractivity contribution in [2.75, 3.05) is 41.0 Å². The van der Waals surface area contributed by atoms with Crippen LogP contribution in [0.5, 0.6) is 0 Å². The molecule has 0 aliphatic rings. The summed E-state index contributed by atoms with van der Waals surface area (Å²) >= 11 is 0. The number of unbranched alkanes of at least 4 members (excludes halogenated alkanes) is 14. The summed E-state index contributed by atoms with van der Waals surface area (Å²) in [5.41, 5.74) is 0. The summed E-state index contributed by atoms with van der Waals surface area (Å²) in [6, 6.07) is -0.734. The van der Waals surface area contributed by atoms with Gasteiger partial charge in [0.1, 0.15) is 12.6 Å². The van der Waals surface area contributed by atoms with Crippen LogP contribution in [0.15, 0.2) is 72.9 Å². The largest absolute Gasteiger partial charge is 0.544 e. The first-order valence-corrected chi connectivity index (χ1v) is 23.0. The highest BCUT2D eigenvalue weighted by atomic mass is 16.6. The number of carbonyl (C=O) groups excluding carboxylic acids is 3. The number of carbonyl (C=O) groups is 3. The number of esters is 2. The molecule has 0 heterocycles. The molecule has 2 unspecified atom stereocenters. The van der Waals surface area contributed by atoms with E-state index in [2.05, 4.69) is 86.8 Å². The van der Waals surface area contributed by atoms with Crippen molar-refractivity contribution >= 4 is 17.9 Å². The number of rotatable bonds is 40. The van der Waals surface area contributed by atoms with Gasteiger partial charge in [-0.25, -0.2) is 0 Å². The number of hydrogen-bond donors (Lipinski definition) is 0. The molecule has 0 aromatic heterocycles. The molecule has 0 bridgehead atoms. The molecule has 2 atom stereocenters. The van der Waals surface area contributed by atoms with E-state index >= 15 is 0 Å². The van der Waals surface area contributed by atoms with Crippen LogP contribution >= 0.6 is 0 Å². The Labute approximate surface area is 355 Å². The van der Waals surface area contributed by atoms with Crippen LogP contribution in [0, 0.1) is 0 Å². The van der Waals surface area contributed by atoms with Gasteiger partial charge >= 0.3 is 11.9 Å². The van der Waals surface area contributed by atoms with Crippen molar-refractivity contribution in [3.63, 3.8) is 0 Å². The van der Waals surface area contributed by atoms with Crippen LogP contribution in [0.2, 0.25) is 0 Å². The molecule has 0 saturated carbocycles. The molecule has 0 aliphatic heterocycles. The van der Waals surface area contributed by atoms with Crippen molar-refractivity contribution in [1.29, 1.82) is 0 Å². The lowest BCUT2D eigenvalue weighted by Gasteiger charge is -2.34. The van der Waals surface area contributed by atoms with Crippen LogP contribution < -0.4 is 5.11 Å². The van der Waals surface area contributed by atoms with E-state index in [9.17, 15) is 19.5 Å². The fourth-order valence-corrected chi connectivity index (χ4v) is 6.31. The van der Waals surface area contributed by atoms with Crippen LogP contribution in [0.1, 0.15) is 174 Å². The molecular weight excluding hydrogens is 727 g/mol. The number of aliphatic carboxylic acids is 1. The van der Waals surface area contributed by atoms with E-state index in [1.165, 1.54) is 57.8 Å². The van der Waals surface area contributed by atoms with E-state index in [-0.39, 0.29) is 49.1 Å². The first kappa shape index (κ1) is 54.8. The maximum Gasteiger partial charge on any atom is 0.306 e. The molecule has 0 aromatic rings. The second-order valence-corrected chi connectivity index (χ2v) is 16.3. The smallest absolute Gasteiger partial charge is 0.306 e. The second kappa shape index (κ2) is 40.5. The fraction of sp³-hybridized carbons (Fsp3) is 0.700. The SMILES string of the molecule is CC/C=C/C/C=C/C/C=C/C/C=C/C/C=C/C/C=C/CCCCCC(=O)OC(COCCC(C(=O)[O-])[N+](C)(C)C)COC(=O)CCCCCCCCCCCCCC. The Balaban J connectivity index is 4.39. The van der Waals surface area contributed by atoms with Crippen molar-refractivity contribution in [2.45, 2.75) is 187 Å². The zero-order valence-electron chi connectivity index (χ0n) is 37.7. The molecule has 0 radical (unpaired) electrons. The molecule has 8 nitrogen and oxygen atoms in total. The minimum absolute atomic E-state index is 0.0250. The fourth-order valence-electron chi connectivity index (χ4n) is 6.31. The lowest BCUT2D eigenvalue weighted by molar-refractivity contribution is -0.889. The van der Waals surface area contributed by atoms with Crippen molar-refractivity contribution in [1.82, 2.24) is 0 Å². The number of hydrogen-bond acceptors (Lipinski definition) is 7. The molecule has 0 saturated heterocycles. The number of carboxylic acids is 1. The molecule has 0 fully saturated rings. The monoisotopic (exact) mass is 812 g/mol. The number of likely N-dealkylation sites (N-methyl/N-ethyl adjacent to an activating group) is 1. The average Bonchev–Trinajstić information content (AvgIpc) is 3.18. The van der Waals surface area contributed by atoms with Crippen LogP contribution in [0.4, 0.5) is 0 Å². The zero-order valence-corrected chi connectivity index (χ0v) is 37.7. The Morgan fingerprint density at radius 1 is 0.534 bits per heavy atom. The van der Waals surface area contributed by atoms with E-state index in [0.717, 1.165) is 77.0 Å². The molecule has 8 heteroatoms. The van der Waals surface area contributed by atoms with Crippen molar-refractivity contribution in [3.05, 3.63) is 72.9 Å². The van der Waals surface area contributed by atoms with Gasteiger partial charge in [0.05, 0.1) is 40.3 Å². The third kappa shape index (κ3) is 38.3. The first-order valence-electron chi connectivity index (χ1n) is 23.0. The Kier molecular flexibility index (Phi) is 38.3. The number of nitrogens with zero attached hydrogens (tertiary/aromatic N) is 1. The standard InChI is InChI=1S/C50H85NO7/c1-6-8-10-12-14-16-18-20-21-22-23-24-25-26-27-28-29-31-33-35-37-39-41-49(53)58-46(44-56-43-42-47(50(54)55)51(3,4)5)45-57-48(52)40-38-36-34-32-30-19-17-15-13-11-9-7-2/h8,10,14,16,20-21,23-24,26-27,29,31,46-47H,6-7,9,11-13,15,17-19,22,25,28,30,32-45H2,1-5H3/b10-8+,16-14+,21-20+,24-23+,27-26+,31-29+. The van der Waals surface area contributed by atoms with Crippen LogP contribution in [-0.4, -0.2) is 75.5 Å². The van der Waals surface area contributed by atoms with Gasteiger partial charge in [-0.3, -0.25) is 9.59 Å². The lowest BCUT2D eigenvalue weighted by Crippen LogP contribution is -2.55. The van der Waals surface area contributed by atoms with Crippen LogP contribution in [0.25, 0.3) is 0 Å². The highest BCUT2D eigenvalue weighted by Gasteiger charge is 2.25.